The lowest BCUT2D eigenvalue weighted by molar-refractivity contribution is -0.00890. The second-order valence-electron chi connectivity index (χ2n) is 5.27. The van der Waals surface area contributed by atoms with E-state index in [0.717, 1.165) is 30.2 Å². The predicted octanol–water partition coefficient (Wildman–Crippen LogP) is 0.588. The Balaban J connectivity index is 1.59. The number of aliphatic hydroxyl groups excluding tert-OH is 1. The number of rotatable bonds is 1. The van der Waals surface area contributed by atoms with Gasteiger partial charge in [0.1, 0.15) is 30.6 Å². The first-order valence-electron chi connectivity index (χ1n) is 6.83. The van der Waals surface area contributed by atoms with Crippen molar-refractivity contribution >= 4 is 0 Å². The minimum Gasteiger partial charge on any atom is -0.491 e. The topological polar surface area (TPSA) is 63.4 Å². The van der Waals surface area contributed by atoms with E-state index >= 15 is 0 Å². The molecule has 0 amide bonds. The second kappa shape index (κ2) is 4.57. The van der Waals surface area contributed by atoms with E-state index in [1.54, 1.807) is 6.33 Å². The second-order valence-corrected chi connectivity index (χ2v) is 5.27. The van der Waals surface area contributed by atoms with Crippen molar-refractivity contribution in [3.63, 3.8) is 0 Å². The number of ether oxygens (including phenoxy) is 1. The number of hydrogen-bond donors (Lipinski definition) is 1. The zero-order valence-corrected chi connectivity index (χ0v) is 11.0. The van der Waals surface area contributed by atoms with Crippen molar-refractivity contribution in [1.82, 2.24) is 19.7 Å². The number of hydrogen-bond acceptors (Lipinski definition) is 5. The molecule has 0 fully saturated rings. The monoisotopic (exact) mass is 272 g/mol. The van der Waals surface area contributed by atoms with Gasteiger partial charge in [-0.2, -0.15) is 0 Å². The van der Waals surface area contributed by atoms with E-state index in [0.29, 0.717) is 13.2 Å². The van der Waals surface area contributed by atoms with Gasteiger partial charge in [0.15, 0.2) is 0 Å². The van der Waals surface area contributed by atoms with E-state index in [9.17, 15) is 5.11 Å². The molecular formula is C14H16N4O2. The summed E-state index contributed by atoms with van der Waals surface area (Å²) in [6.07, 6.45) is 1.24. The molecule has 2 atom stereocenters. The van der Waals surface area contributed by atoms with Crippen LogP contribution in [-0.4, -0.2) is 44.0 Å². The van der Waals surface area contributed by atoms with Crippen molar-refractivity contribution < 1.29 is 9.84 Å². The molecule has 6 nitrogen and oxygen atoms in total. The number of aromatic nitrogens is 3. The molecule has 1 N–H and O–H groups in total. The molecule has 0 aliphatic carbocycles. The zero-order valence-electron chi connectivity index (χ0n) is 11.0. The number of para-hydroxylation sites is 1. The fraction of sp³-hybridized carbons (Fsp3) is 0.429. The first-order chi connectivity index (χ1) is 9.83. The molecule has 2 aromatic rings. The molecule has 1 aromatic carbocycles. The summed E-state index contributed by atoms with van der Waals surface area (Å²) >= 11 is 0. The number of nitrogens with zero attached hydrogens (tertiary/aromatic N) is 4. The smallest absolute Gasteiger partial charge is 0.147 e. The van der Waals surface area contributed by atoms with E-state index in [1.807, 2.05) is 24.3 Å². The largest absolute Gasteiger partial charge is 0.491 e. The first-order valence-corrected chi connectivity index (χ1v) is 6.83. The van der Waals surface area contributed by atoms with Gasteiger partial charge in [0.05, 0.1) is 12.6 Å². The van der Waals surface area contributed by atoms with Crippen molar-refractivity contribution in [2.75, 3.05) is 13.2 Å². The highest BCUT2D eigenvalue weighted by Crippen LogP contribution is 2.34. The molecule has 2 aliphatic rings. The van der Waals surface area contributed by atoms with Crippen molar-refractivity contribution in [3.05, 3.63) is 42.0 Å². The molecule has 0 saturated heterocycles. The van der Waals surface area contributed by atoms with Crippen LogP contribution < -0.4 is 4.74 Å². The minimum atomic E-state index is -0.519. The average molecular weight is 272 g/mol. The molecule has 1 aromatic heterocycles. The molecule has 4 rings (SSSR count). The molecule has 104 valence electrons. The van der Waals surface area contributed by atoms with Gasteiger partial charge in [0, 0.05) is 18.7 Å². The highest BCUT2D eigenvalue weighted by molar-refractivity contribution is 5.37. The van der Waals surface area contributed by atoms with Gasteiger partial charge in [-0.05, 0) is 6.07 Å². The van der Waals surface area contributed by atoms with Gasteiger partial charge in [-0.25, -0.2) is 0 Å². The van der Waals surface area contributed by atoms with Gasteiger partial charge in [-0.3, -0.25) is 4.90 Å². The summed E-state index contributed by atoms with van der Waals surface area (Å²) in [5.41, 5.74) is 0.871. The lowest BCUT2D eigenvalue weighted by Crippen LogP contribution is -2.48. The Kier molecular flexibility index (Phi) is 2.71. The van der Waals surface area contributed by atoms with Gasteiger partial charge < -0.3 is 14.4 Å². The minimum absolute atomic E-state index is 0.0321. The molecule has 0 spiro atoms. The summed E-state index contributed by atoms with van der Waals surface area (Å²) in [5.74, 6) is 1.73. The number of fused-ring (bicyclic) bond motifs is 2. The summed E-state index contributed by atoms with van der Waals surface area (Å²) in [6, 6.07) is 7.66. The summed E-state index contributed by atoms with van der Waals surface area (Å²) in [7, 11) is 0. The summed E-state index contributed by atoms with van der Waals surface area (Å²) in [4.78, 5) is 2.23. The van der Waals surface area contributed by atoms with Crippen molar-refractivity contribution in [1.29, 1.82) is 0 Å². The Morgan fingerprint density at radius 2 is 2.15 bits per heavy atom. The first kappa shape index (κ1) is 11.9. The van der Waals surface area contributed by atoms with Crippen LogP contribution in [0.5, 0.6) is 5.75 Å². The number of aliphatic hydroxyl groups is 1. The maximum atomic E-state index is 10.6. The average Bonchev–Trinajstić information content (AvgIpc) is 2.95. The van der Waals surface area contributed by atoms with E-state index in [-0.39, 0.29) is 6.04 Å². The van der Waals surface area contributed by atoms with Gasteiger partial charge >= 0.3 is 0 Å². The van der Waals surface area contributed by atoms with Crippen molar-refractivity contribution in [2.45, 2.75) is 25.2 Å². The van der Waals surface area contributed by atoms with Crippen LogP contribution in [0.25, 0.3) is 0 Å². The normalized spacial score (nSPS) is 25.6. The Labute approximate surface area is 116 Å². The lowest BCUT2D eigenvalue weighted by Gasteiger charge is -2.39. The van der Waals surface area contributed by atoms with Crippen LogP contribution in [0, 0.1) is 0 Å². The quantitative estimate of drug-likeness (QED) is 0.823. The summed E-state index contributed by atoms with van der Waals surface area (Å²) < 4.78 is 7.84. The summed E-state index contributed by atoms with van der Waals surface area (Å²) in [5, 5.41) is 18.7. The molecule has 20 heavy (non-hydrogen) atoms. The Hall–Kier alpha value is -1.92. The Bertz CT molecular complexity index is 627. The van der Waals surface area contributed by atoms with Crippen LogP contribution in [0.15, 0.2) is 30.6 Å². The fourth-order valence-electron chi connectivity index (χ4n) is 3.00. The highest BCUT2D eigenvalue weighted by atomic mass is 16.5. The van der Waals surface area contributed by atoms with Crippen LogP contribution in [0.1, 0.15) is 17.5 Å². The van der Waals surface area contributed by atoms with Gasteiger partial charge in [-0.1, -0.05) is 18.2 Å². The molecule has 2 unspecified atom stereocenters. The predicted molar refractivity (Wildman–Crippen MR) is 71.1 cm³/mol. The Morgan fingerprint density at radius 1 is 1.25 bits per heavy atom. The van der Waals surface area contributed by atoms with E-state index < -0.39 is 6.10 Å². The van der Waals surface area contributed by atoms with Crippen LogP contribution in [0.4, 0.5) is 0 Å². The van der Waals surface area contributed by atoms with Crippen molar-refractivity contribution in [3.8, 4) is 5.75 Å². The highest BCUT2D eigenvalue weighted by Gasteiger charge is 2.35. The van der Waals surface area contributed by atoms with Gasteiger partial charge in [0.25, 0.3) is 0 Å². The third-order valence-electron chi connectivity index (χ3n) is 4.15. The van der Waals surface area contributed by atoms with Gasteiger partial charge in [-0.15, -0.1) is 10.2 Å². The molecule has 0 radical (unpaired) electrons. The molecule has 2 aliphatic heterocycles. The standard InChI is InChI=1S/C14H16N4O2/c19-14-10-3-1-2-4-12(10)20-8-11(14)17-5-6-18-9-15-16-13(18)7-17/h1-4,9,11,14,19H,5-8H2. The van der Waals surface area contributed by atoms with Gasteiger partial charge in [0.2, 0.25) is 0 Å². The third-order valence-corrected chi connectivity index (χ3v) is 4.15. The maximum Gasteiger partial charge on any atom is 0.147 e. The SMILES string of the molecule is OC1c2ccccc2OCC1N1CCn2cnnc2C1. The van der Waals surface area contributed by atoms with Crippen LogP contribution in [0.3, 0.4) is 0 Å². The Morgan fingerprint density at radius 3 is 3.10 bits per heavy atom. The van der Waals surface area contributed by atoms with Crippen molar-refractivity contribution in [2.24, 2.45) is 0 Å². The van der Waals surface area contributed by atoms with E-state index in [4.69, 9.17) is 4.74 Å². The summed E-state index contributed by atoms with van der Waals surface area (Å²) in [6.45, 7) is 2.94. The number of benzene rings is 1. The van der Waals surface area contributed by atoms with E-state index in [2.05, 4.69) is 19.7 Å². The lowest BCUT2D eigenvalue weighted by atomic mass is 9.97. The molecular weight excluding hydrogens is 256 g/mol. The van der Waals surface area contributed by atoms with Crippen LogP contribution in [-0.2, 0) is 13.1 Å². The molecule has 0 saturated carbocycles. The molecule has 0 bridgehead atoms. The zero-order chi connectivity index (χ0) is 13.5. The maximum absolute atomic E-state index is 10.6. The van der Waals surface area contributed by atoms with E-state index in [1.165, 1.54) is 0 Å². The van der Waals surface area contributed by atoms with Crippen LogP contribution >= 0.6 is 0 Å². The third kappa shape index (κ3) is 1.80. The fourth-order valence-corrected chi connectivity index (χ4v) is 3.00. The molecule has 6 heteroatoms. The van der Waals surface area contributed by atoms with Crippen LogP contribution in [0.2, 0.25) is 0 Å². The molecule has 3 heterocycles.